The molecule has 1 fully saturated rings. The summed E-state index contributed by atoms with van der Waals surface area (Å²) < 4.78 is 35.3. The van der Waals surface area contributed by atoms with Crippen LogP contribution in [0.1, 0.15) is 48.3 Å². The maximum atomic E-state index is 14.2. The van der Waals surface area contributed by atoms with Gasteiger partial charge in [0.1, 0.15) is 11.6 Å². The van der Waals surface area contributed by atoms with Crippen molar-refractivity contribution in [2.45, 2.75) is 45.6 Å². The van der Waals surface area contributed by atoms with Crippen molar-refractivity contribution >= 4 is 34.0 Å². The zero-order chi connectivity index (χ0) is 27.3. The number of anilines is 1. The summed E-state index contributed by atoms with van der Waals surface area (Å²) in [5, 5.41) is 16.0. The minimum Gasteiger partial charge on any atom is -0.396 e. The zero-order valence-corrected chi connectivity index (χ0v) is 22.1. The molecule has 0 aliphatic carbocycles. The van der Waals surface area contributed by atoms with Gasteiger partial charge in [0.05, 0.1) is 28.5 Å². The molecule has 1 aliphatic heterocycles. The second-order valence-electron chi connectivity index (χ2n) is 9.57. The Kier molecular flexibility index (Phi) is 6.48. The van der Waals surface area contributed by atoms with E-state index in [0.717, 1.165) is 40.2 Å². The lowest BCUT2D eigenvalue weighted by Crippen LogP contribution is -2.39. The Morgan fingerprint density at radius 1 is 1.13 bits per heavy atom. The highest BCUT2D eigenvalue weighted by molar-refractivity contribution is 7.12. The van der Waals surface area contributed by atoms with Crippen LogP contribution in [0.25, 0.3) is 27.3 Å². The molecular weight excluding hydrogens is 524 g/mol. The van der Waals surface area contributed by atoms with Crippen LogP contribution in [0.15, 0.2) is 46.3 Å². The van der Waals surface area contributed by atoms with Crippen molar-refractivity contribution in [3.63, 3.8) is 0 Å². The van der Waals surface area contributed by atoms with Gasteiger partial charge in [0.15, 0.2) is 16.8 Å². The monoisotopic (exact) mass is 549 g/mol. The number of aliphatic hydroxyl groups is 1. The normalized spacial score (nSPS) is 16.0. The Morgan fingerprint density at radius 3 is 2.72 bits per heavy atom. The third kappa shape index (κ3) is 4.41. The second-order valence-corrected chi connectivity index (χ2v) is 10.4. The molecule has 2 aromatic carbocycles. The molecule has 5 aromatic rings. The Bertz CT molecular complexity index is 1690. The fourth-order valence-electron chi connectivity index (χ4n) is 5.28. The van der Waals surface area contributed by atoms with E-state index in [9.17, 15) is 18.7 Å². The number of nitrogens with zero attached hydrogens (tertiary/aromatic N) is 5. The lowest BCUT2D eigenvalue weighted by molar-refractivity contribution is -0.120. The number of thiazole rings is 1. The summed E-state index contributed by atoms with van der Waals surface area (Å²) in [5.74, 6) is -0.910. The maximum absolute atomic E-state index is 14.2. The Hall–Kier alpha value is -3.96. The predicted molar refractivity (Wildman–Crippen MR) is 143 cm³/mol. The first-order chi connectivity index (χ1) is 18.9. The molecule has 0 radical (unpaired) electrons. The number of aliphatic hydroxyl groups excluding tert-OH is 1. The number of aryl methyl sites for hydroxylation is 2. The predicted octanol–water partition coefficient (Wildman–Crippen LogP) is 5.83. The van der Waals surface area contributed by atoms with Gasteiger partial charge in [0.25, 0.3) is 0 Å². The molecule has 0 bridgehead atoms. The van der Waals surface area contributed by atoms with Crippen LogP contribution < -0.4 is 4.90 Å². The Balaban J connectivity index is 1.55. The van der Waals surface area contributed by atoms with E-state index >= 15 is 0 Å². The molecule has 1 unspecified atom stereocenters. The zero-order valence-electron chi connectivity index (χ0n) is 21.3. The van der Waals surface area contributed by atoms with E-state index in [1.807, 2.05) is 42.0 Å². The van der Waals surface area contributed by atoms with Crippen molar-refractivity contribution < 1.29 is 23.2 Å². The molecule has 1 N–H and O–H groups in total. The lowest BCUT2D eigenvalue weighted by Gasteiger charge is -2.35. The van der Waals surface area contributed by atoms with Crippen LogP contribution in [0.4, 0.5) is 14.5 Å². The quantitative estimate of drug-likeness (QED) is 0.287. The van der Waals surface area contributed by atoms with Gasteiger partial charge in [-0.3, -0.25) is 9.36 Å². The number of aromatic nitrogens is 4. The van der Waals surface area contributed by atoms with Crippen LogP contribution in [-0.4, -0.2) is 37.3 Å². The fourth-order valence-corrected chi connectivity index (χ4v) is 6.16. The number of halogens is 2. The highest BCUT2D eigenvalue weighted by atomic mass is 32.1. The van der Waals surface area contributed by atoms with Crippen LogP contribution in [-0.2, 0) is 11.2 Å². The van der Waals surface area contributed by atoms with Crippen LogP contribution >= 0.6 is 11.3 Å². The molecular formula is C28H25F2N5O3S. The minimum absolute atomic E-state index is 0.0253. The highest BCUT2D eigenvalue weighted by Crippen LogP contribution is 2.40. The van der Waals surface area contributed by atoms with Gasteiger partial charge >= 0.3 is 0 Å². The van der Waals surface area contributed by atoms with Crippen molar-refractivity contribution in [1.29, 1.82) is 0 Å². The molecule has 4 heterocycles. The van der Waals surface area contributed by atoms with Crippen molar-refractivity contribution in [1.82, 2.24) is 19.7 Å². The number of amides is 1. The largest absolute Gasteiger partial charge is 0.396 e. The highest BCUT2D eigenvalue weighted by Gasteiger charge is 2.35. The molecule has 1 saturated heterocycles. The molecule has 39 heavy (non-hydrogen) atoms. The molecule has 3 aromatic heterocycles. The number of fused-ring (bicyclic) bond motifs is 1. The fraction of sp³-hybridized carbons (Fsp3) is 0.286. The van der Waals surface area contributed by atoms with Gasteiger partial charge in [0.2, 0.25) is 5.91 Å². The van der Waals surface area contributed by atoms with Crippen molar-refractivity contribution in [2.24, 2.45) is 0 Å². The van der Waals surface area contributed by atoms with Gasteiger partial charge in [-0.1, -0.05) is 11.2 Å². The molecule has 8 nitrogen and oxygen atoms in total. The van der Waals surface area contributed by atoms with E-state index in [2.05, 4.69) is 5.16 Å². The van der Waals surface area contributed by atoms with Crippen LogP contribution in [0.3, 0.4) is 0 Å². The van der Waals surface area contributed by atoms with Crippen LogP contribution in [0, 0.1) is 25.5 Å². The Morgan fingerprint density at radius 2 is 1.97 bits per heavy atom. The van der Waals surface area contributed by atoms with Gasteiger partial charge in [-0.15, -0.1) is 11.3 Å². The molecule has 1 amide bonds. The second kappa shape index (κ2) is 9.97. The number of hydrogen-bond acceptors (Lipinski definition) is 7. The van der Waals surface area contributed by atoms with Crippen molar-refractivity contribution in [3.8, 4) is 16.3 Å². The summed E-state index contributed by atoms with van der Waals surface area (Å²) in [6.45, 7) is 3.71. The summed E-state index contributed by atoms with van der Waals surface area (Å²) in [4.78, 5) is 24.5. The van der Waals surface area contributed by atoms with Crippen molar-refractivity contribution in [3.05, 3.63) is 76.4 Å². The van der Waals surface area contributed by atoms with E-state index in [-0.39, 0.29) is 18.2 Å². The first kappa shape index (κ1) is 25.3. The summed E-state index contributed by atoms with van der Waals surface area (Å²) >= 11 is 1.41. The summed E-state index contributed by atoms with van der Waals surface area (Å²) in [5.41, 5.74) is 5.05. The average molecular weight is 550 g/mol. The third-order valence-corrected chi connectivity index (χ3v) is 7.90. The molecule has 0 saturated carbocycles. The van der Waals surface area contributed by atoms with Crippen LogP contribution in [0.2, 0.25) is 0 Å². The van der Waals surface area contributed by atoms with Gasteiger partial charge in [-0.2, -0.15) is 0 Å². The topological polar surface area (TPSA) is 97.3 Å². The van der Waals surface area contributed by atoms with E-state index in [4.69, 9.17) is 14.5 Å². The molecule has 0 spiro atoms. The number of carbonyl (C=O) groups excluding carboxylic acids is 1. The van der Waals surface area contributed by atoms with E-state index in [0.29, 0.717) is 47.9 Å². The number of benzene rings is 2. The number of hydrogen-bond donors (Lipinski definition) is 1. The van der Waals surface area contributed by atoms with E-state index in [1.54, 1.807) is 0 Å². The standard InChI is InChI=1S/C28H25F2N5O3S/c1-15-26(16(2)38-33-15)17-6-9-23-22(12-17)32-27(35(23)28-31-18(10-11-36)14-39-28)24-4-3-5-25(37)34(24)19-7-8-20(29)21(30)13-19/h6-9,12-14,24,36H,3-5,10-11H2,1-2H3. The minimum atomic E-state index is -1.02. The number of imidazole rings is 1. The lowest BCUT2D eigenvalue weighted by atomic mass is 9.99. The van der Waals surface area contributed by atoms with Gasteiger partial charge in [-0.25, -0.2) is 18.7 Å². The van der Waals surface area contributed by atoms with E-state index < -0.39 is 17.7 Å². The summed E-state index contributed by atoms with van der Waals surface area (Å²) in [7, 11) is 0. The van der Waals surface area contributed by atoms with E-state index in [1.165, 1.54) is 22.3 Å². The molecule has 1 atom stereocenters. The molecule has 11 heteroatoms. The molecule has 6 rings (SSSR count). The molecule has 200 valence electrons. The van der Waals surface area contributed by atoms with Crippen LogP contribution in [0.5, 0.6) is 0 Å². The third-order valence-electron chi connectivity index (χ3n) is 7.03. The number of carbonyl (C=O) groups is 1. The van der Waals surface area contributed by atoms with Gasteiger partial charge < -0.3 is 14.5 Å². The first-order valence-corrected chi connectivity index (χ1v) is 13.5. The summed E-state index contributed by atoms with van der Waals surface area (Å²) in [6.07, 6.45) is 1.92. The smallest absolute Gasteiger partial charge is 0.227 e. The number of piperidine rings is 1. The average Bonchev–Trinajstić information content (AvgIpc) is 3.62. The Labute approximate surface area is 226 Å². The van der Waals surface area contributed by atoms with Gasteiger partial charge in [-0.05, 0) is 56.5 Å². The van der Waals surface area contributed by atoms with Crippen molar-refractivity contribution in [2.75, 3.05) is 11.5 Å². The maximum Gasteiger partial charge on any atom is 0.227 e. The number of rotatable bonds is 6. The van der Waals surface area contributed by atoms with Gasteiger partial charge in [0, 0.05) is 42.1 Å². The SMILES string of the molecule is Cc1noc(C)c1-c1ccc2c(c1)nc(C1CCCC(=O)N1c1ccc(F)c(F)c1)n2-c1nc(CCO)cs1. The molecule has 1 aliphatic rings. The first-order valence-electron chi connectivity index (χ1n) is 12.6. The summed E-state index contributed by atoms with van der Waals surface area (Å²) in [6, 6.07) is 8.85.